The molecule has 2 N–H and O–H groups in total. The molecule has 0 aliphatic rings. The van der Waals surface area contributed by atoms with Crippen molar-refractivity contribution in [2.75, 3.05) is 13.7 Å². The van der Waals surface area contributed by atoms with Gasteiger partial charge in [-0.25, -0.2) is 4.79 Å². The van der Waals surface area contributed by atoms with Gasteiger partial charge in [0.25, 0.3) is 5.91 Å². The summed E-state index contributed by atoms with van der Waals surface area (Å²) in [6.07, 6.45) is 4.45. The first-order chi connectivity index (χ1) is 7.24. The van der Waals surface area contributed by atoms with Crippen molar-refractivity contribution in [1.29, 1.82) is 0 Å². The molecule has 5 nitrogen and oxygen atoms in total. The van der Waals surface area contributed by atoms with Gasteiger partial charge in [-0.2, -0.15) is 0 Å². The van der Waals surface area contributed by atoms with E-state index in [0.29, 0.717) is 5.69 Å². The van der Waals surface area contributed by atoms with E-state index in [0.717, 1.165) is 0 Å². The summed E-state index contributed by atoms with van der Waals surface area (Å²) >= 11 is 0. The van der Waals surface area contributed by atoms with Crippen LogP contribution in [-0.4, -0.2) is 30.5 Å². The smallest absolute Gasteiger partial charge is 0.330 e. The first-order valence-corrected chi connectivity index (χ1v) is 4.40. The third kappa shape index (κ3) is 3.68. The number of hydrogen-bond donors (Lipinski definition) is 2. The maximum absolute atomic E-state index is 11.3. The largest absolute Gasteiger partial charge is 0.466 e. The third-order valence-corrected chi connectivity index (χ3v) is 1.68. The minimum absolute atomic E-state index is 0.213. The highest BCUT2D eigenvalue weighted by molar-refractivity contribution is 5.92. The van der Waals surface area contributed by atoms with Crippen LogP contribution in [0.5, 0.6) is 0 Å². The molecule has 0 saturated heterocycles. The van der Waals surface area contributed by atoms with Crippen LogP contribution < -0.4 is 5.32 Å². The summed E-state index contributed by atoms with van der Waals surface area (Å²) in [6, 6.07) is 3.40. The van der Waals surface area contributed by atoms with Gasteiger partial charge in [0.15, 0.2) is 0 Å². The summed E-state index contributed by atoms with van der Waals surface area (Å²) < 4.78 is 4.38. The minimum Gasteiger partial charge on any atom is -0.466 e. The molecule has 0 saturated carbocycles. The quantitative estimate of drug-likeness (QED) is 0.558. The van der Waals surface area contributed by atoms with Gasteiger partial charge in [0.05, 0.1) is 7.11 Å². The zero-order valence-corrected chi connectivity index (χ0v) is 8.32. The van der Waals surface area contributed by atoms with Crippen LogP contribution in [0.4, 0.5) is 0 Å². The lowest BCUT2D eigenvalue weighted by atomic mass is 10.4. The molecule has 0 atom stereocenters. The third-order valence-electron chi connectivity index (χ3n) is 1.68. The average molecular weight is 208 g/mol. The van der Waals surface area contributed by atoms with Crippen molar-refractivity contribution in [3.8, 4) is 0 Å². The molecule has 1 aromatic rings. The Morgan fingerprint density at radius 1 is 1.60 bits per heavy atom. The molecule has 0 aromatic carbocycles. The predicted octanol–water partition coefficient (Wildman–Crippen LogP) is 0.474. The zero-order chi connectivity index (χ0) is 11.1. The lowest BCUT2D eigenvalue weighted by molar-refractivity contribution is -0.134. The predicted molar refractivity (Wildman–Crippen MR) is 54.3 cm³/mol. The van der Waals surface area contributed by atoms with E-state index in [9.17, 15) is 9.59 Å². The molecular weight excluding hydrogens is 196 g/mol. The second-order valence-electron chi connectivity index (χ2n) is 2.72. The molecule has 0 bridgehead atoms. The Morgan fingerprint density at radius 3 is 3.00 bits per heavy atom. The molecule has 80 valence electrons. The molecular formula is C10H12N2O3. The number of hydrogen-bond acceptors (Lipinski definition) is 3. The highest BCUT2D eigenvalue weighted by atomic mass is 16.5. The van der Waals surface area contributed by atoms with Crippen molar-refractivity contribution in [2.45, 2.75) is 0 Å². The van der Waals surface area contributed by atoms with Gasteiger partial charge in [-0.05, 0) is 12.1 Å². The molecule has 1 aromatic heterocycles. The first-order valence-electron chi connectivity index (χ1n) is 4.40. The van der Waals surface area contributed by atoms with Gasteiger partial charge in [0.2, 0.25) is 0 Å². The van der Waals surface area contributed by atoms with Crippen molar-refractivity contribution >= 4 is 11.9 Å². The molecule has 0 fully saturated rings. The fourth-order valence-corrected chi connectivity index (χ4v) is 0.942. The molecule has 1 rings (SSSR count). The van der Waals surface area contributed by atoms with E-state index in [1.165, 1.54) is 19.3 Å². The minimum atomic E-state index is -0.441. The van der Waals surface area contributed by atoms with Gasteiger partial charge in [-0.15, -0.1) is 0 Å². The topological polar surface area (TPSA) is 71.2 Å². The second kappa shape index (κ2) is 5.64. The highest BCUT2D eigenvalue weighted by Crippen LogP contribution is 1.92. The van der Waals surface area contributed by atoms with E-state index < -0.39 is 5.97 Å². The number of esters is 1. The summed E-state index contributed by atoms with van der Waals surface area (Å²) in [5.74, 6) is -0.654. The SMILES string of the molecule is COC(=O)C=CCNC(=O)c1ccc[nH]1. The number of aromatic nitrogens is 1. The van der Waals surface area contributed by atoms with Crippen molar-refractivity contribution in [2.24, 2.45) is 0 Å². The van der Waals surface area contributed by atoms with Gasteiger partial charge in [-0.3, -0.25) is 4.79 Å². The van der Waals surface area contributed by atoms with Crippen LogP contribution in [0.3, 0.4) is 0 Å². The van der Waals surface area contributed by atoms with E-state index in [1.807, 2.05) is 0 Å². The molecule has 1 amide bonds. The zero-order valence-electron chi connectivity index (χ0n) is 8.32. The Morgan fingerprint density at radius 2 is 2.40 bits per heavy atom. The first kappa shape index (κ1) is 11.0. The average Bonchev–Trinajstić information content (AvgIpc) is 2.77. The van der Waals surface area contributed by atoms with Gasteiger partial charge >= 0.3 is 5.97 Å². The van der Waals surface area contributed by atoms with Crippen LogP contribution in [0.2, 0.25) is 0 Å². The van der Waals surface area contributed by atoms with Crippen LogP contribution in [0.25, 0.3) is 0 Å². The van der Waals surface area contributed by atoms with Crippen molar-refractivity contribution in [1.82, 2.24) is 10.3 Å². The molecule has 0 spiro atoms. The molecule has 0 aliphatic carbocycles. The van der Waals surface area contributed by atoms with E-state index in [4.69, 9.17) is 0 Å². The van der Waals surface area contributed by atoms with Gasteiger partial charge in [0, 0.05) is 18.8 Å². The Bertz CT molecular complexity index is 355. The molecule has 0 unspecified atom stereocenters. The lowest BCUT2D eigenvalue weighted by Gasteiger charge is -1.98. The van der Waals surface area contributed by atoms with Crippen molar-refractivity contribution in [3.05, 3.63) is 36.2 Å². The Kier molecular flexibility index (Phi) is 4.15. The van der Waals surface area contributed by atoms with Crippen LogP contribution >= 0.6 is 0 Å². The van der Waals surface area contributed by atoms with Gasteiger partial charge in [0.1, 0.15) is 5.69 Å². The number of ether oxygens (including phenoxy) is 1. The summed E-state index contributed by atoms with van der Waals surface area (Å²) in [7, 11) is 1.30. The van der Waals surface area contributed by atoms with Crippen LogP contribution in [0.1, 0.15) is 10.5 Å². The number of amides is 1. The van der Waals surface area contributed by atoms with Crippen molar-refractivity contribution in [3.63, 3.8) is 0 Å². The summed E-state index contributed by atoms with van der Waals surface area (Å²) in [5, 5.41) is 2.60. The Balaban J connectivity index is 2.30. The van der Waals surface area contributed by atoms with Gasteiger partial charge < -0.3 is 15.0 Å². The fraction of sp³-hybridized carbons (Fsp3) is 0.200. The van der Waals surface area contributed by atoms with Crippen LogP contribution in [0.15, 0.2) is 30.5 Å². The number of nitrogens with one attached hydrogen (secondary N) is 2. The molecule has 0 aliphatic heterocycles. The number of rotatable bonds is 4. The van der Waals surface area contributed by atoms with Crippen molar-refractivity contribution < 1.29 is 14.3 Å². The standard InChI is InChI=1S/C10H12N2O3/c1-15-9(13)5-3-7-12-10(14)8-4-2-6-11-8/h2-6,11H,7H2,1H3,(H,12,14). The maximum atomic E-state index is 11.3. The number of carbonyl (C=O) groups excluding carboxylic acids is 2. The number of methoxy groups -OCH3 is 1. The van der Waals surface area contributed by atoms with Gasteiger partial charge in [-0.1, -0.05) is 6.08 Å². The van der Waals surface area contributed by atoms with E-state index >= 15 is 0 Å². The number of aromatic amines is 1. The summed E-state index contributed by atoms with van der Waals surface area (Å²) in [6.45, 7) is 0.285. The lowest BCUT2D eigenvalue weighted by Crippen LogP contribution is -2.23. The van der Waals surface area contributed by atoms with Crippen LogP contribution in [-0.2, 0) is 9.53 Å². The Hall–Kier alpha value is -2.04. The normalized spacial score (nSPS) is 10.2. The van der Waals surface area contributed by atoms with Crippen LogP contribution in [0, 0.1) is 0 Å². The molecule has 15 heavy (non-hydrogen) atoms. The summed E-state index contributed by atoms with van der Waals surface area (Å²) in [4.78, 5) is 24.8. The van der Waals surface area contributed by atoms with E-state index in [2.05, 4.69) is 15.0 Å². The van der Waals surface area contributed by atoms with E-state index in [-0.39, 0.29) is 12.5 Å². The Labute approximate surface area is 87.1 Å². The molecule has 1 heterocycles. The van der Waals surface area contributed by atoms with E-state index in [1.54, 1.807) is 18.3 Å². The fourth-order valence-electron chi connectivity index (χ4n) is 0.942. The molecule has 0 radical (unpaired) electrons. The molecule has 5 heteroatoms. The number of H-pyrrole nitrogens is 1. The monoisotopic (exact) mass is 208 g/mol. The number of carbonyl (C=O) groups is 2. The highest BCUT2D eigenvalue weighted by Gasteiger charge is 2.02. The summed E-state index contributed by atoms with van der Waals surface area (Å²) in [5.41, 5.74) is 0.487. The maximum Gasteiger partial charge on any atom is 0.330 e. The second-order valence-corrected chi connectivity index (χ2v) is 2.72.